The zero-order valence-corrected chi connectivity index (χ0v) is 21.1. The first-order valence-corrected chi connectivity index (χ1v) is 11.6. The molecule has 0 spiro atoms. The number of halogens is 2. The number of carbonyl (C=O) groups is 3. The van der Waals surface area contributed by atoms with E-state index in [0.717, 1.165) is 21.8 Å². The molecular weight excluding hydrogens is 601 g/mol. The van der Waals surface area contributed by atoms with Gasteiger partial charge in [0.1, 0.15) is 0 Å². The summed E-state index contributed by atoms with van der Waals surface area (Å²) in [6.07, 6.45) is 1.64. The van der Waals surface area contributed by atoms with E-state index < -0.39 is 5.97 Å². The van der Waals surface area contributed by atoms with Gasteiger partial charge < -0.3 is 14.2 Å². The van der Waals surface area contributed by atoms with E-state index in [-0.39, 0.29) is 24.3 Å². The van der Waals surface area contributed by atoms with Gasteiger partial charge in [0.25, 0.3) is 11.1 Å². The van der Waals surface area contributed by atoms with Crippen LogP contribution in [-0.2, 0) is 20.9 Å². The number of imide groups is 1. The highest BCUT2D eigenvalue weighted by Crippen LogP contribution is 2.37. The van der Waals surface area contributed by atoms with E-state index in [2.05, 4.69) is 43.3 Å². The number of amides is 2. The van der Waals surface area contributed by atoms with Crippen LogP contribution in [0.1, 0.15) is 11.1 Å². The Balaban J connectivity index is 1.82. The summed E-state index contributed by atoms with van der Waals surface area (Å²) in [4.78, 5) is 38.1. The summed E-state index contributed by atoms with van der Waals surface area (Å²) in [7, 11) is 2.76. The van der Waals surface area contributed by atoms with Crippen LogP contribution in [0.4, 0.5) is 4.79 Å². The summed E-state index contributed by atoms with van der Waals surface area (Å²) < 4.78 is 17.0. The molecular formula is C21H17BrINO6S. The fourth-order valence-corrected chi connectivity index (χ4v) is 4.82. The molecule has 2 aromatic rings. The zero-order valence-electron chi connectivity index (χ0n) is 16.5. The first-order valence-electron chi connectivity index (χ1n) is 8.89. The lowest BCUT2D eigenvalue weighted by molar-refractivity contribution is -0.143. The fraction of sp³-hybridized carbons (Fsp3) is 0.190. The third-order valence-corrected chi connectivity index (χ3v) is 6.42. The Hall–Kier alpha value is -2.05. The largest absolute Gasteiger partial charge is 0.493 e. The summed E-state index contributed by atoms with van der Waals surface area (Å²) in [6, 6.07) is 10.9. The maximum absolute atomic E-state index is 12.8. The Labute approximate surface area is 205 Å². The Bertz CT molecular complexity index is 1070. The molecule has 7 nitrogen and oxygen atoms in total. The Morgan fingerprint density at radius 1 is 1.23 bits per heavy atom. The van der Waals surface area contributed by atoms with Gasteiger partial charge in [0.2, 0.25) is 0 Å². The zero-order chi connectivity index (χ0) is 22.5. The minimum absolute atomic E-state index is 0.197. The minimum atomic E-state index is -0.513. The van der Waals surface area contributed by atoms with Crippen molar-refractivity contribution in [1.29, 1.82) is 0 Å². The molecule has 0 atom stereocenters. The Kier molecular flexibility index (Phi) is 8.00. The van der Waals surface area contributed by atoms with Gasteiger partial charge in [-0.1, -0.05) is 28.1 Å². The molecule has 0 bridgehead atoms. The second-order valence-corrected chi connectivity index (χ2v) is 9.37. The molecule has 1 fully saturated rings. The molecule has 1 aliphatic rings. The lowest BCUT2D eigenvalue weighted by Crippen LogP contribution is -2.27. The lowest BCUT2D eigenvalue weighted by Gasteiger charge is -2.13. The molecule has 1 saturated heterocycles. The van der Waals surface area contributed by atoms with Gasteiger partial charge in [-0.2, -0.15) is 0 Å². The number of rotatable bonds is 7. The first-order chi connectivity index (χ1) is 14.8. The van der Waals surface area contributed by atoms with Crippen molar-refractivity contribution in [2.45, 2.75) is 6.54 Å². The topological polar surface area (TPSA) is 82.1 Å². The molecule has 1 aliphatic heterocycles. The fourth-order valence-electron chi connectivity index (χ4n) is 2.76. The van der Waals surface area contributed by atoms with E-state index in [1.807, 2.05) is 24.3 Å². The van der Waals surface area contributed by atoms with Crippen LogP contribution < -0.4 is 9.47 Å². The van der Waals surface area contributed by atoms with E-state index in [4.69, 9.17) is 9.47 Å². The number of ether oxygens (including phenoxy) is 3. The summed E-state index contributed by atoms with van der Waals surface area (Å²) in [5, 5.41) is -0.323. The van der Waals surface area contributed by atoms with Crippen molar-refractivity contribution in [3.8, 4) is 11.5 Å². The normalized spacial score (nSPS) is 14.8. The van der Waals surface area contributed by atoms with Crippen LogP contribution in [0.2, 0.25) is 0 Å². The second-order valence-electron chi connectivity index (χ2n) is 6.30. The third kappa shape index (κ3) is 5.80. The number of nitrogens with zero attached hydrogens (tertiary/aromatic N) is 1. The lowest BCUT2D eigenvalue weighted by atomic mass is 10.1. The summed E-state index contributed by atoms with van der Waals surface area (Å²) in [6.45, 7) is -0.0562. The summed E-state index contributed by atoms with van der Waals surface area (Å²) in [5.74, 6) is -0.0696. The van der Waals surface area contributed by atoms with Gasteiger partial charge in [0.15, 0.2) is 18.1 Å². The van der Waals surface area contributed by atoms with Crippen molar-refractivity contribution in [1.82, 2.24) is 4.90 Å². The predicted molar refractivity (Wildman–Crippen MR) is 129 cm³/mol. The van der Waals surface area contributed by atoms with Crippen LogP contribution in [0.5, 0.6) is 11.5 Å². The molecule has 3 rings (SSSR count). The van der Waals surface area contributed by atoms with E-state index in [0.29, 0.717) is 25.5 Å². The van der Waals surface area contributed by atoms with Gasteiger partial charge in [-0.15, -0.1) is 0 Å². The van der Waals surface area contributed by atoms with Crippen LogP contribution in [0.3, 0.4) is 0 Å². The summed E-state index contributed by atoms with van der Waals surface area (Å²) >= 11 is 6.34. The number of carbonyl (C=O) groups excluding carboxylic acids is 3. The number of thioether (sulfide) groups is 1. The molecule has 0 unspecified atom stereocenters. The van der Waals surface area contributed by atoms with Crippen LogP contribution in [-0.4, -0.2) is 42.8 Å². The van der Waals surface area contributed by atoms with Crippen molar-refractivity contribution in [2.75, 3.05) is 20.8 Å². The molecule has 0 N–H and O–H groups in total. The second kappa shape index (κ2) is 10.5. The van der Waals surface area contributed by atoms with Crippen molar-refractivity contribution < 1.29 is 28.6 Å². The number of esters is 1. The average Bonchev–Trinajstić information content (AvgIpc) is 2.99. The molecule has 0 radical (unpaired) electrons. The predicted octanol–water partition coefficient (Wildman–Crippen LogP) is 4.85. The number of hydrogen-bond acceptors (Lipinski definition) is 7. The maximum Gasteiger partial charge on any atom is 0.343 e. The number of hydrogen-bond donors (Lipinski definition) is 0. The van der Waals surface area contributed by atoms with Gasteiger partial charge in [-0.05, 0) is 75.8 Å². The van der Waals surface area contributed by atoms with Crippen LogP contribution in [0, 0.1) is 3.57 Å². The van der Waals surface area contributed by atoms with Crippen molar-refractivity contribution >= 4 is 73.5 Å². The molecule has 0 aromatic heterocycles. The Morgan fingerprint density at radius 3 is 2.68 bits per heavy atom. The highest BCUT2D eigenvalue weighted by Gasteiger charge is 2.35. The molecule has 2 amide bonds. The maximum atomic E-state index is 12.8. The van der Waals surface area contributed by atoms with Crippen molar-refractivity contribution in [3.05, 3.63) is 60.5 Å². The molecule has 10 heteroatoms. The van der Waals surface area contributed by atoms with E-state index in [9.17, 15) is 14.4 Å². The van der Waals surface area contributed by atoms with E-state index in [1.54, 1.807) is 18.2 Å². The number of methoxy groups -OCH3 is 2. The van der Waals surface area contributed by atoms with Gasteiger partial charge in [0.05, 0.1) is 29.2 Å². The van der Waals surface area contributed by atoms with E-state index >= 15 is 0 Å². The van der Waals surface area contributed by atoms with E-state index in [1.165, 1.54) is 19.1 Å². The molecule has 31 heavy (non-hydrogen) atoms. The quantitative estimate of drug-likeness (QED) is 0.250. The number of benzene rings is 2. The first kappa shape index (κ1) is 23.6. The summed E-state index contributed by atoms with van der Waals surface area (Å²) in [5.41, 5.74) is 1.51. The Morgan fingerprint density at radius 2 is 2.00 bits per heavy atom. The highest BCUT2D eigenvalue weighted by molar-refractivity contribution is 14.1. The SMILES string of the molecule is COC(=O)COc1c(I)cc(/C=C2\SC(=O)N(Cc3cccc(Br)c3)C2=O)cc1OC. The molecule has 162 valence electrons. The third-order valence-electron chi connectivity index (χ3n) is 4.21. The molecule has 1 heterocycles. The van der Waals surface area contributed by atoms with Gasteiger partial charge in [-0.25, -0.2) is 4.79 Å². The smallest absolute Gasteiger partial charge is 0.343 e. The standard InChI is InChI=1S/C21H17BrINO6S/c1-28-16-8-13(7-15(23)19(16)30-11-18(25)29-2)9-17-20(26)24(21(27)31-17)10-12-4-3-5-14(22)6-12/h3-9H,10-11H2,1-2H3/b17-9-. The molecule has 0 aliphatic carbocycles. The minimum Gasteiger partial charge on any atom is -0.493 e. The van der Waals surface area contributed by atoms with Crippen LogP contribution in [0.15, 0.2) is 45.8 Å². The van der Waals surface area contributed by atoms with Gasteiger partial charge >= 0.3 is 5.97 Å². The average molecular weight is 618 g/mol. The van der Waals surface area contributed by atoms with Gasteiger partial charge in [-0.3, -0.25) is 14.5 Å². The van der Waals surface area contributed by atoms with Crippen LogP contribution in [0.25, 0.3) is 6.08 Å². The van der Waals surface area contributed by atoms with Crippen molar-refractivity contribution in [2.24, 2.45) is 0 Å². The molecule has 2 aromatic carbocycles. The highest BCUT2D eigenvalue weighted by atomic mass is 127. The molecule has 0 saturated carbocycles. The van der Waals surface area contributed by atoms with Gasteiger partial charge in [0, 0.05) is 4.47 Å². The van der Waals surface area contributed by atoms with Crippen LogP contribution >= 0.6 is 50.3 Å². The van der Waals surface area contributed by atoms with Crippen molar-refractivity contribution in [3.63, 3.8) is 0 Å². The monoisotopic (exact) mass is 617 g/mol.